The Morgan fingerprint density at radius 2 is 0.842 bits per heavy atom. The summed E-state index contributed by atoms with van der Waals surface area (Å²) in [6, 6.07) is 18.0. The molecule has 0 N–H and O–H groups in total. The number of benzene rings is 3. The predicted octanol–water partition coefficient (Wildman–Crippen LogP) is 5.26. The molecule has 0 aromatic heterocycles. The third-order valence-corrected chi connectivity index (χ3v) is 4.51. The summed E-state index contributed by atoms with van der Waals surface area (Å²) in [6.45, 7) is 0. The first kappa shape index (κ1) is 11.0. The molecule has 3 aromatic rings. The first-order valence-corrected chi connectivity index (χ1v) is 7.36. The molecule has 2 bridgehead atoms. The van der Waals surface area contributed by atoms with Gasteiger partial charge in [-0.15, -0.1) is 0 Å². The molecule has 0 spiro atoms. The summed E-state index contributed by atoms with van der Waals surface area (Å²) in [7, 11) is 0. The number of hydrogen-bond donors (Lipinski definition) is 0. The van der Waals surface area contributed by atoms with Gasteiger partial charge in [0, 0.05) is 0 Å². The van der Waals surface area contributed by atoms with Gasteiger partial charge < -0.3 is 0 Å². The van der Waals surface area contributed by atoms with E-state index in [1.807, 2.05) is 0 Å². The van der Waals surface area contributed by atoms with Crippen LogP contribution in [0.3, 0.4) is 0 Å². The maximum Gasteiger partial charge on any atom is -0.0143 e. The van der Waals surface area contributed by atoms with Gasteiger partial charge in [0.2, 0.25) is 0 Å². The summed E-state index contributed by atoms with van der Waals surface area (Å²) in [5.74, 6) is 0. The number of hydrogen-bond acceptors (Lipinski definition) is 0. The van der Waals surface area contributed by atoms with Crippen LogP contribution >= 0.6 is 0 Å². The molecule has 0 atom stereocenters. The van der Waals surface area contributed by atoms with Crippen molar-refractivity contribution in [3.8, 4) is 0 Å². The second-order valence-electron chi connectivity index (χ2n) is 5.61. The topological polar surface area (TPSA) is 0 Å². The lowest BCUT2D eigenvalue weighted by molar-refractivity contribution is 0.688. The summed E-state index contributed by atoms with van der Waals surface area (Å²) in [4.78, 5) is 0. The van der Waals surface area contributed by atoms with Gasteiger partial charge in [-0.3, -0.25) is 0 Å². The highest BCUT2D eigenvalue weighted by Crippen LogP contribution is 2.36. The molecule has 4 rings (SSSR count). The van der Waals surface area contributed by atoms with E-state index in [1.165, 1.54) is 53.6 Å². The number of fused-ring (bicyclic) bond motifs is 3. The SMILES string of the molecule is c1ccc2c3c4ccccc4c(c2c1)CCCCC3. The summed E-state index contributed by atoms with van der Waals surface area (Å²) in [5.41, 5.74) is 3.13. The minimum absolute atomic E-state index is 1.22. The van der Waals surface area contributed by atoms with Crippen LogP contribution in [0.4, 0.5) is 0 Å². The zero-order valence-electron chi connectivity index (χ0n) is 11.2. The van der Waals surface area contributed by atoms with Crippen LogP contribution in [-0.2, 0) is 12.8 Å². The van der Waals surface area contributed by atoms with Crippen LogP contribution in [0.1, 0.15) is 30.4 Å². The van der Waals surface area contributed by atoms with Crippen LogP contribution in [0.25, 0.3) is 21.5 Å². The third kappa shape index (κ3) is 1.67. The van der Waals surface area contributed by atoms with E-state index >= 15 is 0 Å². The molecular weight excluding hydrogens is 228 g/mol. The first-order chi connectivity index (χ1) is 9.45. The lowest BCUT2D eigenvalue weighted by atomic mass is 9.90. The molecule has 0 heteroatoms. The third-order valence-electron chi connectivity index (χ3n) is 4.51. The molecule has 94 valence electrons. The van der Waals surface area contributed by atoms with E-state index < -0.39 is 0 Å². The van der Waals surface area contributed by atoms with Crippen LogP contribution < -0.4 is 0 Å². The molecular formula is C19H18. The van der Waals surface area contributed by atoms with Crippen LogP contribution in [0, 0.1) is 0 Å². The Balaban J connectivity index is 2.25. The fourth-order valence-corrected chi connectivity index (χ4v) is 3.63. The van der Waals surface area contributed by atoms with E-state index in [2.05, 4.69) is 48.5 Å². The van der Waals surface area contributed by atoms with E-state index in [0.29, 0.717) is 0 Å². The highest BCUT2D eigenvalue weighted by atomic mass is 14.2. The van der Waals surface area contributed by atoms with Crippen molar-refractivity contribution in [3.63, 3.8) is 0 Å². The molecule has 19 heavy (non-hydrogen) atoms. The Bertz CT molecular complexity index is 631. The van der Waals surface area contributed by atoms with Crippen molar-refractivity contribution in [2.45, 2.75) is 32.1 Å². The monoisotopic (exact) mass is 246 g/mol. The molecule has 0 amide bonds. The highest BCUT2D eigenvalue weighted by molar-refractivity contribution is 6.05. The van der Waals surface area contributed by atoms with Crippen molar-refractivity contribution in [1.82, 2.24) is 0 Å². The largest absolute Gasteiger partial charge is 0.0616 e. The van der Waals surface area contributed by atoms with Crippen molar-refractivity contribution in [2.24, 2.45) is 0 Å². The van der Waals surface area contributed by atoms with Crippen LogP contribution in [0.15, 0.2) is 48.5 Å². The van der Waals surface area contributed by atoms with Crippen molar-refractivity contribution in [1.29, 1.82) is 0 Å². The quantitative estimate of drug-likeness (QED) is 0.474. The van der Waals surface area contributed by atoms with Gasteiger partial charge in [-0.2, -0.15) is 0 Å². The molecule has 3 aromatic carbocycles. The Kier molecular flexibility index (Phi) is 2.55. The van der Waals surface area contributed by atoms with Crippen LogP contribution in [0.2, 0.25) is 0 Å². The zero-order valence-corrected chi connectivity index (χ0v) is 11.2. The molecule has 0 saturated carbocycles. The average molecular weight is 246 g/mol. The standard InChI is InChI=1S/C19H18/c1-2-8-14-16-10-4-6-12-18(16)15(9-3-1)19-13-7-5-11-17(14)19/h4-7,10-13H,1-3,8-9H2. The molecule has 0 saturated heterocycles. The fourth-order valence-electron chi connectivity index (χ4n) is 3.63. The van der Waals surface area contributed by atoms with E-state index in [4.69, 9.17) is 0 Å². The first-order valence-electron chi connectivity index (χ1n) is 7.36. The minimum Gasteiger partial charge on any atom is -0.0616 e. The van der Waals surface area contributed by atoms with Crippen molar-refractivity contribution in [2.75, 3.05) is 0 Å². The van der Waals surface area contributed by atoms with Crippen LogP contribution in [-0.4, -0.2) is 0 Å². The van der Waals surface area contributed by atoms with Crippen molar-refractivity contribution >= 4 is 21.5 Å². The average Bonchev–Trinajstić information content (AvgIpc) is 2.62. The van der Waals surface area contributed by atoms with Crippen molar-refractivity contribution < 1.29 is 0 Å². The second kappa shape index (κ2) is 4.38. The Morgan fingerprint density at radius 1 is 0.474 bits per heavy atom. The maximum atomic E-state index is 2.31. The Labute approximate surface area is 114 Å². The van der Waals surface area contributed by atoms with E-state index in [1.54, 1.807) is 11.1 Å². The number of aryl methyl sites for hydroxylation is 2. The summed E-state index contributed by atoms with van der Waals surface area (Å²) >= 11 is 0. The van der Waals surface area contributed by atoms with Gasteiger partial charge in [0.25, 0.3) is 0 Å². The van der Waals surface area contributed by atoms with Gasteiger partial charge in [-0.05, 0) is 58.4 Å². The molecule has 0 radical (unpaired) electrons. The Morgan fingerprint density at radius 3 is 1.21 bits per heavy atom. The Hall–Kier alpha value is -1.82. The molecule has 0 heterocycles. The fraction of sp³-hybridized carbons (Fsp3) is 0.263. The van der Waals surface area contributed by atoms with E-state index in [9.17, 15) is 0 Å². The molecule has 1 aliphatic rings. The maximum absolute atomic E-state index is 2.31. The number of rotatable bonds is 0. The minimum atomic E-state index is 1.22. The summed E-state index contributed by atoms with van der Waals surface area (Å²) < 4.78 is 0. The van der Waals surface area contributed by atoms with Crippen molar-refractivity contribution in [3.05, 3.63) is 59.7 Å². The molecule has 0 nitrogen and oxygen atoms in total. The smallest absolute Gasteiger partial charge is 0.0143 e. The van der Waals surface area contributed by atoms with Gasteiger partial charge in [0.15, 0.2) is 0 Å². The van der Waals surface area contributed by atoms with Gasteiger partial charge in [0.05, 0.1) is 0 Å². The molecule has 1 aliphatic carbocycles. The highest BCUT2D eigenvalue weighted by Gasteiger charge is 2.14. The van der Waals surface area contributed by atoms with Crippen LogP contribution in [0.5, 0.6) is 0 Å². The molecule has 0 unspecified atom stereocenters. The lowest BCUT2D eigenvalue weighted by Gasteiger charge is -2.14. The molecule has 0 aliphatic heterocycles. The lowest BCUT2D eigenvalue weighted by Crippen LogP contribution is -1.93. The van der Waals surface area contributed by atoms with Gasteiger partial charge in [0.1, 0.15) is 0 Å². The van der Waals surface area contributed by atoms with Gasteiger partial charge in [-0.1, -0.05) is 55.0 Å². The molecule has 0 fully saturated rings. The van der Waals surface area contributed by atoms with E-state index in [0.717, 1.165) is 0 Å². The van der Waals surface area contributed by atoms with Gasteiger partial charge in [-0.25, -0.2) is 0 Å². The summed E-state index contributed by atoms with van der Waals surface area (Å²) in [6.07, 6.45) is 6.45. The summed E-state index contributed by atoms with van der Waals surface area (Å²) in [5, 5.41) is 5.94. The second-order valence-corrected chi connectivity index (χ2v) is 5.61. The predicted molar refractivity (Wildman–Crippen MR) is 82.7 cm³/mol. The van der Waals surface area contributed by atoms with Gasteiger partial charge >= 0.3 is 0 Å². The normalized spacial score (nSPS) is 15.4. The van der Waals surface area contributed by atoms with E-state index in [-0.39, 0.29) is 0 Å². The zero-order chi connectivity index (χ0) is 12.7.